The van der Waals surface area contributed by atoms with Gasteiger partial charge in [0.15, 0.2) is 0 Å². The van der Waals surface area contributed by atoms with Crippen LogP contribution in [0.5, 0.6) is 0 Å². The number of nitrogens with one attached hydrogen (secondary N) is 2. The van der Waals surface area contributed by atoms with Crippen LogP contribution in [0.2, 0.25) is 0 Å². The van der Waals surface area contributed by atoms with Crippen LogP contribution in [-0.4, -0.2) is 15.0 Å². The van der Waals surface area contributed by atoms with Gasteiger partial charge >= 0.3 is 0 Å². The summed E-state index contributed by atoms with van der Waals surface area (Å²) < 4.78 is 29.4. The number of benzene rings is 4. The fraction of sp³-hybridized carbons (Fsp3) is 0.0690. The van der Waals surface area contributed by atoms with Gasteiger partial charge in [0.25, 0.3) is 0 Å². The Hall–Kier alpha value is -4.36. The van der Waals surface area contributed by atoms with Gasteiger partial charge in [-0.25, -0.2) is 13.1 Å². The van der Waals surface area contributed by atoms with E-state index in [2.05, 4.69) is 27.9 Å². The Morgan fingerprint density at radius 1 is 0.771 bits per heavy atom. The van der Waals surface area contributed by atoms with E-state index in [0.717, 1.165) is 16.8 Å². The molecule has 0 saturated carbocycles. The maximum atomic E-state index is 13.3. The molecule has 0 fully saturated rings. The molecule has 2 N–H and O–H groups in total. The predicted octanol–water partition coefficient (Wildman–Crippen LogP) is 5.17. The number of rotatable bonds is 7. The van der Waals surface area contributed by atoms with E-state index in [9.17, 15) is 8.42 Å². The second-order valence-corrected chi connectivity index (χ2v) is 9.47. The van der Waals surface area contributed by atoms with Crippen LogP contribution in [0.3, 0.4) is 0 Å². The van der Waals surface area contributed by atoms with Crippen LogP contribution in [0.25, 0.3) is 11.1 Å². The van der Waals surface area contributed by atoms with Gasteiger partial charge < -0.3 is 5.32 Å². The number of sulfonamides is 1. The van der Waals surface area contributed by atoms with Crippen molar-refractivity contribution in [3.8, 4) is 29.0 Å². The zero-order chi connectivity index (χ0) is 24.5. The second-order valence-electron chi connectivity index (χ2n) is 7.74. The number of hydrogen-bond donors (Lipinski definition) is 2. The number of hydrogen-bond acceptors (Lipinski definition) is 4. The average Bonchev–Trinajstić information content (AvgIpc) is 2.91. The molecular weight excluding hydrogens is 454 g/mol. The van der Waals surface area contributed by atoms with Crippen molar-refractivity contribution >= 4 is 15.7 Å². The molecule has 4 aromatic rings. The highest BCUT2D eigenvalue weighted by atomic mass is 32.2. The van der Waals surface area contributed by atoms with Crippen LogP contribution in [0.1, 0.15) is 16.7 Å². The van der Waals surface area contributed by atoms with Gasteiger partial charge in [0, 0.05) is 23.4 Å². The van der Waals surface area contributed by atoms with Crippen molar-refractivity contribution in [1.82, 2.24) is 4.72 Å². The van der Waals surface area contributed by atoms with Gasteiger partial charge in [-0.2, -0.15) is 5.26 Å². The van der Waals surface area contributed by atoms with Gasteiger partial charge in [-0.05, 0) is 41.5 Å². The normalized spacial score (nSPS) is 10.6. The molecule has 0 heterocycles. The first-order valence-electron chi connectivity index (χ1n) is 11.0. The molecule has 0 aromatic heterocycles. The summed E-state index contributed by atoms with van der Waals surface area (Å²) in [5, 5.41) is 12.2. The third-order valence-electron chi connectivity index (χ3n) is 5.27. The summed E-state index contributed by atoms with van der Waals surface area (Å²) in [5.41, 5.74) is 4.26. The fourth-order valence-corrected chi connectivity index (χ4v) is 4.79. The van der Waals surface area contributed by atoms with E-state index in [1.807, 2.05) is 72.8 Å². The highest BCUT2D eigenvalue weighted by Gasteiger charge is 2.20. The first-order valence-corrected chi connectivity index (χ1v) is 12.5. The highest BCUT2D eigenvalue weighted by Crippen LogP contribution is 2.28. The third-order valence-corrected chi connectivity index (χ3v) is 6.71. The molecular formula is C29H23N3O2S. The summed E-state index contributed by atoms with van der Waals surface area (Å²) in [6.45, 7) is 0.544. The Morgan fingerprint density at radius 2 is 1.51 bits per heavy atom. The van der Waals surface area contributed by atoms with Gasteiger partial charge in [0.2, 0.25) is 10.0 Å². The number of nitriles is 1. The van der Waals surface area contributed by atoms with Gasteiger partial charge in [-0.15, -0.1) is 0 Å². The Bertz CT molecular complexity index is 1520. The molecule has 4 rings (SSSR count). The van der Waals surface area contributed by atoms with Crippen LogP contribution >= 0.6 is 0 Å². The minimum absolute atomic E-state index is 0.182. The van der Waals surface area contributed by atoms with E-state index in [4.69, 9.17) is 5.26 Å². The van der Waals surface area contributed by atoms with Gasteiger partial charge in [0.1, 0.15) is 0 Å². The Balaban J connectivity index is 1.59. The molecule has 0 aliphatic rings. The molecule has 0 saturated heterocycles. The molecule has 0 atom stereocenters. The van der Waals surface area contributed by atoms with E-state index >= 15 is 0 Å². The van der Waals surface area contributed by atoms with E-state index in [1.54, 1.807) is 30.3 Å². The maximum absolute atomic E-state index is 13.3. The zero-order valence-electron chi connectivity index (χ0n) is 18.9. The third kappa shape index (κ3) is 6.37. The van der Waals surface area contributed by atoms with Crippen molar-refractivity contribution in [3.63, 3.8) is 0 Å². The zero-order valence-corrected chi connectivity index (χ0v) is 19.7. The van der Waals surface area contributed by atoms with Crippen molar-refractivity contribution in [2.75, 3.05) is 11.9 Å². The lowest BCUT2D eigenvalue weighted by Gasteiger charge is -2.13. The number of anilines is 1. The van der Waals surface area contributed by atoms with E-state index in [0.29, 0.717) is 23.2 Å². The van der Waals surface area contributed by atoms with E-state index in [-0.39, 0.29) is 11.4 Å². The molecule has 0 aliphatic heterocycles. The predicted molar refractivity (Wildman–Crippen MR) is 139 cm³/mol. The topological polar surface area (TPSA) is 82.0 Å². The highest BCUT2D eigenvalue weighted by molar-refractivity contribution is 7.89. The summed E-state index contributed by atoms with van der Waals surface area (Å²) in [6, 6.07) is 33.3. The summed E-state index contributed by atoms with van der Waals surface area (Å²) in [4.78, 5) is 0.182. The Morgan fingerprint density at radius 3 is 2.26 bits per heavy atom. The lowest BCUT2D eigenvalue weighted by Crippen LogP contribution is -2.24. The molecule has 0 aliphatic carbocycles. The van der Waals surface area contributed by atoms with Gasteiger partial charge in [0.05, 0.1) is 23.1 Å². The van der Waals surface area contributed by atoms with Crippen molar-refractivity contribution in [2.45, 2.75) is 11.4 Å². The van der Waals surface area contributed by atoms with E-state index < -0.39 is 10.0 Å². The van der Waals surface area contributed by atoms with Crippen LogP contribution in [-0.2, 0) is 16.6 Å². The maximum Gasteiger partial charge on any atom is 0.241 e. The number of nitrogens with zero attached hydrogens (tertiary/aromatic N) is 1. The van der Waals surface area contributed by atoms with Crippen molar-refractivity contribution in [3.05, 3.63) is 120 Å². The quantitative estimate of drug-likeness (QED) is 0.360. The lowest BCUT2D eigenvalue weighted by atomic mass is 10.0. The van der Waals surface area contributed by atoms with Crippen molar-refractivity contribution in [2.24, 2.45) is 0 Å². The monoisotopic (exact) mass is 477 g/mol. The minimum atomic E-state index is -3.81. The first-order chi connectivity index (χ1) is 17.0. The molecule has 0 radical (unpaired) electrons. The minimum Gasteiger partial charge on any atom is -0.374 e. The van der Waals surface area contributed by atoms with Gasteiger partial charge in [-0.3, -0.25) is 0 Å². The molecule has 5 nitrogen and oxygen atoms in total. The van der Waals surface area contributed by atoms with Crippen molar-refractivity contribution < 1.29 is 8.42 Å². The lowest BCUT2D eigenvalue weighted by molar-refractivity contribution is 0.581. The molecule has 0 amide bonds. The summed E-state index contributed by atoms with van der Waals surface area (Å²) >= 11 is 0. The smallest absolute Gasteiger partial charge is 0.241 e. The standard InChI is InChI=1S/C29H23N3O2S/c30-21-25-11-7-15-27(19-25)31-18-8-12-23-16-17-28(26-13-5-2-6-14-26)29(20-23)35(33,34)32-22-24-9-3-1-4-10-24/h1-7,9-11,13-17,19-20,31-32H,18,22H2. The second kappa shape index (κ2) is 11.2. The summed E-state index contributed by atoms with van der Waals surface area (Å²) in [6.07, 6.45) is 0. The first kappa shape index (κ1) is 23.8. The van der Waals surface area contributed by atoms with E-state index in [1.165, 1.54) is 0 Å². The molecule has 35 heavy (non-hydrogen) atoms. The SMILES string of the molecule is N#Cc1cccc(NCC#Cc2ccc(-c3ccccc3)c(S(=O)(=O)NCc3ccccc3)c2)c1. The molecule has 6 heteroatoms. The molecule has 0 unspecified atom stereocenters. The fourth-order valence-electron chi connectivity index (χ4n) is 3.52. The summed E-state index contributed by atoms with van der Waals surface area (Å²) in [7, 11) is -3.81. The Kier molecular flexibility index (Phi) is 7.60. The average molecular weight is 478 g/mol. The molecule has 0 bridgehead atoms. The van der Waals surface area contributed by atoms with Crippen LogP contribution in [0.15, 0.2) is 108 Å². The van der Waals surface area contributed by atoms with Crippen LogP contribution in [0, 0.1) is 23.2 Å². The van der Waals surface area contributed by atoms with Crippen molar-refractivity contribution in [1.29, 1.82) is 5.26 Å². The molecule has 0 spiro atoms. The summed E-state index contributed by atoms with van der Waals surface area (Å²) in [5.74, 6) is 6.06. The van der Waals surface area contributed by atoms with Gasteiger partial charge in [-0.1, -0.05) is 84.6 Å². The molecule has 4 aromatic carbocycles. The Labute approximate surface area is 206 Å². The van der Waals surface area contributed by atoms with Crippen LogP contribution < -0.4 is 10.0 Å². The largest absolute Gasteiger partial charge is 0.374 e. The van der Waals surface area contributed by atoms with Crippen LogP contribution in [0.4, 0.5) is 5.69 Å². The molecule has 172 valence electrons.